The van der Waals surface area contributed by atoms with Crippen molar-refractivity contribution in [2.45, 2.75) is 131 Å². The average molecular weight is 722 g/mol. The molecule has 264 valence electrons. The molecule has 0 spiro atoms. The van der Waals surface area contributed by atoms with E-state index in [2.05, 4.69) is 92.9 Å². The first-order chi connectivity index (χ1) is 24.6. The number of carbonyl (C=O) groups excluding carboxylic acids is 1. The van der Waals surface area contributed by atoms with Crippen LogP contribution in [0.15, 0.2) is 60.7 Å². The van der Waals surface area contributed by atoms with Gasteiger partial charge in [0.2, 0.25) is 0 Å². The van der Waals surface area contributed by atoms with Crippen molar-refractivity contribution >= 4 is 62.1 Å². The molecule has 0 fully saturated rings. The summed E-state index contributed by atoms with van der Waals surface area (Å²) in [6.07, 6.45) is 19.4. The number of benzene rings is 2. The maximum Gasteiger partial charge on any atom is 0.160 e. The van der Waals surface area contributed by atoms with Crippen LogP contribution in [-0.4, -0.2) is 10.9 Å². The van der Waals surface area contributed by atoms with Gasteiger partial charge in [-0.15, -0.1) is 34.0 Å². The molecule has 0 unspecified atom stereocenters. The minimum atomic E-state index is 0.859. The lowest BCUT2D eigenvalue weighted by molar-refractivity contribution is 0.112. The summed E-state index contributed by atoms with van der Waals surface area (Å²) >= 11 is 5.68. The maximum absolute atomic E-state index is 12.0. The normalized spacial score (nSPS) is 11.8. The third-order valence-electron chi connectivity index (χ3n) is 10.3. The van der Waals surface area contributed by atoms with E-state index in [1.165, 1.54) is 145 Å². The van der Waals surface area contributed by atoms with Gasteiger partial charge in [0.15, 0.2) is 6.29 Å². The highest BCUT2D eigenvalue weighted by atomic mass is 32.1. The Morgan fingerprint density at radius 3 is 1.68 bits per heavy atom. The Bertz CT molecular complexity index is 2000. The second-order valence-electron chi connectivity index (χ2n) is 14.0. The fourth-order valence-electron chi connectivity index (χ4n) is 7.57. The predicted molar refractivity (Wildman–Crippen MR) is 224 cm³/mol. The molecule has 2 aromatic carbocycles. The molecule has 0 saturated heterocycles. The lowest BCUT2D eigenvalue weighted by Crippen LogP contribution is -1.92. The predicted octanol–water partition coefficient (Wildman–Crippen LogP) is 15.2. The largest absolute Gasteiger partial charge is 0.341 e. The molecule has 6 rings (SSSR count). The number of aryl methyl sites for hydroxylation is 4. The quantitative estimate of drug-likeness (QED) is 0.0568. The van der Waals surface area contributed by atoms with Gasteiger partial charge in [0.25, 0.3) is 0 Å². The number of fused-ring (bicyclic) bond motifs is 3. The number of hydrogen-bond acceptors (Lipinski definition) is 4. The van der Waals surface area contributed by atoms with Crippen molar-refractivity contribution in [2.75, 3.05) is 0 Å². The van der Waals surface area contributed by atoms with Crippen LogP contribution in [0.4, 0.5) is 0 Å². The van der Waals surface area contributed by atoms with Crippen LogP contribution in [0.2, 0.25) is 0 Å². The van der Waals surface area contributed by atoms with E-state index in [-0.39, 0.29) is 0 Å². The smallest absolute Gasteiger partial charge is 0.160 e. The number of aromatic nitrogens is 1. The van der Waals surface area contributed by atoms with Crippen molar-refractivity contribution in [3.05, 3.63) is 82.2 Å². The highest BCUT2D eigenvalue weighted by Gasteiger charge is 2.21. The van der Waals surface area contributed by atoms with E-state index >= 15 is 0 Å². The first kappa shape index (κ1) is 36.8. The Hall–Kier alpha value is -2.99. The van der Waals surface area contributed by atoms with Gasteiger partial charge in [-0.2, -0.15) is 0 Å². The van der Waals surface area contributed by atoms with E-state index in [0.717, 1.165) is 37.0 Å². The Balaban J connectivity index is 1.43. The van der Waals surface area contributed by atoms with E-state index in [1.54, 1.807) is 11.3 Å². The van der Waals surface area contributed by atoms with Crippen molar-refractivity contribution in [3.8, 4) is 29.9 Å². The lowest BCUT2D eigenvalue weighted by Gasteiger charge is -2.06. The Morgan fingerprint density at radius 2 is 1.08 bits per heavy atom. The molecular weight excluding hydrogens is 667 g/mol. The van der Waals surface area contributed by atoms with Gasteiger partial charge in [0, 0.05) is 52.7 Å². The third kappa shape index (κ3) is 8.22. The average Bonchev–Trinajstić information content (AvgIpc) is 3.93. The van der Waals surface area contributed by atoms with Gasteiger partial charge < -0.3 is 4.57 Å². The van der Waals surface area contributed by atoms with Gasteiger partial charge in [-0.05, 0) is 104 Å². The number of rotatable bonds is 20. The second kappa shape index (κ2) is 18.0. The highest BCUT2D eigenvalue weighted by molar-refractivity contribution is 7.27. The van der Waals surface area contributed by atoms with Crippen molar-refractivity contribution in [1.82, 2.24) is 4.57 Å². The number of aldehydes is 1. The summed E-state index contributed by atoms with van der Waals surface area (Å²) in [6, 6.07) is 23.3. The third-order valence-corrected chi connectivity index (χ3v) is 14.1. The molecule has 0 bridgehead atoms. The summed E-state index contributed by atoms with van der Waals surface area (Å²) in [6.45, 7) is 10.1. The van der Waals surface area contributed by atoms with Gasteiger partial charge in [0.1, 0.15) is 0 Å². The number of unbranched alkanes of at least 4 members (excludes halogenated alkanes) is 9. The number of carbonyl (C=O) groups is 1. The molecule has 0 radical (unpaired) electrons. The standard InChI is InChI=1S/C45H55NOS3/c1-5-9-12-15-20-32-27-36(31-47)48-44(32)41-30-34(22-17-14-11-7-3)45(50-41)42-29-33(21-16-13-10-6-2)43(49-42)35-25-26-40-38(28-35)37-23-18-19-24-39(37)46(40)8-4/h18-19,23-31H,5-17,20-22H2,1-4H3. The number of thiophene rings is 3. The number of para-hydroxylation sites is 1. The summed E-state index contributed by atoms with van der Waals surface area (Å²) in [5.74, 6) is 0. The zero-order valence-electron chi connectivity index (χ0n) is 30.7. The SMILES string of the molecule is CCCCCCc1cc(-c2sc(-c3sc(C=O)cc3CCCCCC)cc2CCCCCC)sc1-c1ccc2c(c1)c1ccccc1n2CC. The molecule has 4 aromatic heterocycles. The van der Waals surface area contributed by atoms with Crippen LogP contribution in [-0.2, 0) is 25.8 Å². The minimum Gasteiger partial charge on any atom is -0.341 e. The van der Waals surface area contributed by atoms with Crippen LogP contribution in [0.25, 0.3) is 51.8 Å². The van der Waals surface area contributed by atoms with Crippen LogP contribution in [0.1, 0.15) is 131 Å². The summed E-state index contributed by atoms with van der Waals surface area (Å²) in [5.41, 5.74) is 8.36. The van der Waals surface area contributed by atoms with Crippen LogP contribution in [0, 0.1) is 0 Å². The van der Waals surface area contributed by atoms with E-state index in [4.69, 9.17) is 0 Å². The summed E-state index contributed by atoms with van der Waals surface area (Å²) in [7, 11) is 0. The molecular formula is C45H55NOS3. The van der Waals surface area contributed by atoms with Crippen LogP contribution in [0.3, 0.4) is 0 Å². The fraction of sp³-hybridized carbons (Fsp3) is 0.444. The van der Waals surface area contributed by atoms with Gasteiger partial charge in [-0.1, -0.05) is 103 Å². The van der Waals surface area contributed by atoms with E-state index in [0.29, 0.717) is 0 Å². The minimum absolute atomic E-state index is 0.859. The molecule has 0 aliphatic carbocycles. The van der Waals surface area contributed by atoms with E-state index < -0.39 is 0 Å². The van der Waals surface area contributed by atoms with Gasteiger partial charge in [-0.3, -0.25) is 4.79 Å². The molecule has 0 saturated carbocycles. The van der Waals surface area contributed by atoms with Crippen molar-refractivity contribution < 1.29 is 4.79 Å². The van der Waals surface area contributed by atoms with Gasteiger partial charge >= 0.3 is 0 Å². The molecule has 0 amide bonds. The molecule has 2 nitrogen and oxygen atoms in total. The molecule has 0 N–H and O–H groups in total. The molecule has 0 atom stereocenters. The van der Waals surface area contributed by atoms with Gasteiger partial charge in [0.05, 0.1) is 4.88 Å². The monoisotopic (exact) mass is 721 g/mol. The molecule has 6 aromatic rings. The van der Waals surface area contributed by atoms with Crippen LogP contribution < -0.4 is 0 Å². The maximum atomic E-state index is 12.0. The highest BCUT2D eigenvalue weighted by Crippen LogP contribution is 2.48. The fourth-order valence-corrected chi connectivity index (χ4v) is 11.3. The molecule has 5 heteroatoms. The first-order valence-electron chi connectivity index (χ1n) is 19.4. The summed E-state index contributed by atoms with van der Waals surface area (Å²) < 4.78 is 2.45. The van der Waals surface area contributed by atoms with Crippen LogP contribution >= 0.6 is 34.0 Å². The summed E-state index contributed by atoms with van der Waals surface area (Å²) in [4.78, 5) is 19.8. The van der Waals surface area contributed by atoms with Gasteiger partial charge in [-0.25, -0.2) is 0 Å². The van der Waals surface area contributed by atoms with E-state index in [1.807, 2.05) is 22.7 Å². The number of nitrogens with zero attached hydrogens (tertiary/aromatic N) is 1. The Kier molecular flexibility index (Phi) is 13.2. The Labute approximate surface area is 312 Å². The van der Waals surface area contributed by atoms with Crippen molar-refractivity contribution in [1.29, 1.82) is 0 Å². The zero-order valence-corrected chi connectivity index (χ0v) is 33.2. The van der Waals surface area contributed by atoms with E-state index in [9.17, 15) is 4.79 Å². The zero-order chi connectivity index (χ0) is 34.9. The number of hydrogen-bond donors (Lipinski definition) is 0. The first-order valence-corrected chi connectivity index (χ1v) is 21.9. The second-order valence-corrected chi connectivity index (χ2v) is 17.2. The molecule has 50 heavy (non-hydrogen) atoms. The molecule has 0 aliphatic heterocycles. The van der Waals surface area contributed by atoms with Crippen LogP contribution in [0.5, 0.6) is 0 Å². The van der Waals surface area contributed by atoms with Crippen molar-refractivity contribution in [3.63, 3.8) is 0 Å². The summed E-state index contributed by atoms with van der Waals surface area (Å²) in [5, 5.41) is 2.71. The molecule has 0 aliphatic rings. The topological polar surface area (TPSA) is 22.0 Å². The molecule has 4 heterocycles. The lowest BCUT2D eigenvalue weighted by atomic mass is 10.0. The van der Waals surface area contributed by atoms with Crippen molar-refractivity contribution in [2.24, 2.45) is 0 Å². The Morgan fingerprint density at radius 1 is 0.540 bits per heavy atom.